The zero-order valence-corrected chi connectivity index (χ0v) is 16.0. The van der Waals surface area contributed by atoms with Gasteiger partial charge in [-0.3, -0.25) is 0 Å². The zero-order chi connectivity index (χ0) is 17.2. The van der Waals surface area contributed by atoms with Crippen LogP contribution in [0.5, 0.6) is 17.2 Å². The molecular weight excluding hydrogens is 338 g/mol. The molecule has 1 N–H and O–H groups in total. The molecule has 2 aromatic rings. The van der Waals surface area contributed by atoms with E-state index in [9.17, 15) is 0 Å². The van der Waals surface area contributed by atoms with Gasteiger partial charge in [0.05, 0.1) is 20.3 Å². The molecule has 0 atom stereocenters. The fourth-order valence-corrected chi connectivity index (χ4v) is 2.46. The summed E-state index contributed by atoms with van der Waals surface area (Å²) in [5.41, 5.74) is 2.49. The maximum Gasteiger partial charge on any atom is 0.161 e. The van der Waals surface area contributed by atoms with Crippen LogP contribution >= 0.6 is 12.4 Å². The molecule has 25 heavy (non-hydrogen) atoms. The Morgan fingerprint density at radius 1 is 0.840 bits per heavy atom. The Bertz CT molecular complexity index is 617. The van der Waals surface area contributed by atoms with Crippen LogP contribution in [-0.2, 0) is 13.0 Å². The van der Waals surface area contributed by atoms with Crippen LogP contribution in [0.2, 0.25) is 0 Å². The zero-order valence-electron chi connectivity index (χ0n) is 15.2. The molecule has 0 amide bonds. The molecule has 0 aliphatic carbocycles. The van der Waals surface area contributed by atoms with Crippen molar-refractivity contribution in [2.45, 2.75) is 26.8 Å². The van der Waals surface area contributed by atoms with Crippen molar-refractivity contribution in [3.05, 3.63) is 53.6 Å². The minimum absolute atomic E-state index is 0. The van der Waals surface area contributed by atoms with Crippen molar-refractivity contribution in [1.29, 1.82) is 0 Å². The molecule has 0 aromatic heterocycles. The number of hydrogen-bond donors (Lipinski definition) is 1. The number of benzene rings is 2. The third kappa shape index (κ3) is 6.85. The highest BCUT2D eigenvalue weighted by atomic mass is 35.5. The van der Waals surface area contributed by atoms with Gasteiger partial charge in [0, 0.05) is 6.54 Å². The van der Waals surface area contributed by atoms with Gasteiger partial charge < -0.3 is 19.5 Å². The third-order valence-corrected chi connectivity index (χ3v) is 3.69. The van der Waals surface area contributed by atoms with E-state index in [1.165, 1.54) is 11.1 Å². The fraction of sp³-hybridized carbons (Fsp3) is 0.400. The van der Waals surface area contributed by atoms with Gasteiger partial charge in [-0.15, -0.1) is 12.4 Å². The third-order valence-electron chi connectivity index (χ3n) is 3.69. The van der Waals surface area contributed by atoms with Crippen LogP contribution in [0.4, 0.5) is 0 Å². The van der Waals surface area contributed by atoms with Crippen molar-refractivity contribution in [2.75, 3.05) is 26.9 Å². The van der Waals surface area contributed by atoms with Crippen LogP contribution in [0.25, 0.3) is 0 Å². The standard InChI is InChI=1S/C20H27NO3.ClH/c1-4-23-19-11-8-17(14-20(19)24-5-2)15-21-13-12-16-6-9-18(22-3)10-7-16;/h6-11,14,21H,4-5,12-13,15H2,1-3H3;1H. The van der Waals surface area contributed by atoms with E-state index in [4.69, 9.17) is 14.2 Å². The first-order valence-corrected chi connectivity index (χ1v) is 8.49. The molecule has 2 rings (SSSR count). The Hall–Kier alpha value is -1.91. The van der Waals surface area contributed by atoms with Crippen LogP contribution in [0.3, 0.4) is 0 Å². The SMILES string of the molecule is CCOc1ccc(CNCCc2ccc(OC)cc2)cc1OCC.Cl. The summed E-state index contributed by atoms with van der Waals surface area (Å²) in [7, 11) is 1.68. The molecule has 0 aliphatic rings. The molecule has 0 unspecified atom stereocenters. The van der Waals surface area contributed by atoms with E-state index >= 15 is 0 Å². The van der Waals surface area contributed by atoms with Crippen LogP contribution < -0.4 is 19.5 Å². The van der Waals surface area contributed by atoms with Crippen molar-refractivity contribution in [2.24, 2.45) is 0 Å². The van der Waals surface area contributed by atoms with Crippen molar-refractivity contribution in [3.63, 3.8) is 0 Å². The van der Waals surface area contributed by atoms with Crippen LogP contribution in [0, 0.1) is 0 Å². The van der Waals surface area contributed by atoms with E-state index in [0.29, 0.717) is 13.2 Å². The Labute approximate surface area is 156 Å². The topological polar surface area (TPSA) is 39.7 Å². The van der Waals surface area contributed by atoms with Crippen molar-refractivity contribution < 1.29 is 14.2 Å². The minimum Gasteiger partial charge on any atom is -0.497 e. The second-order valence-corrected chi connectivity index (χ2v) is 5.42. The number of ether oxygens (including phenoxy) is 3. The molecule has 0 aliphatic heterocycles. The molecule has 0 spiro atoms. The normalized spacial score (nSPS) is 10.0. The molecule has 0 heterocycles. The Morgan fingerprint density at radius 3 is 2.12 bits per heavy atom. The van der Waals surface area contributed by atoms with Gasteiger partial charge >= 0.3 is 0 Å². The second-order valence-electron chi connectivity index (χ2n) is 5.42. The predicted molar refractivity (Wildman–Crippen MR) is 104 cm³/mol. The van der Waals surface area contributed by atoms with E-state index in [0.717, 1.165) is 36.8 Å². The molecule has 4 nitrogen and oxygen atoms in total. The van der Waals surface area contributed by atoms with Gasteiger partial charge in [-0.1, -0.05) is 18.2 Å². The van der Waals surface area contributed by atoms with Gasteiger partial charge in [0.1, 0.15) is 5.75 Å². The number of halogens is 1. The lowest BCUT2D eigenvalue weighted by Crippen LogP contribution is -2.16. The molecule has 0 saturated heterocycles. The quantitative estimate of drug-likeness (QED) is 0.639. The summed E-state index contributed by atoms with van der Waals surface area (Å²) in [5, 5.41) is 3.47. The van der Waals surface area contributed by atoms with E-state index in [-0.39, 0.29) is 12.4 Å². The highest BCUT2D eigenvalue weighted by Gasteiger charge is 2.06. The molecule has 0 bridgehead atoms. The maximum atomic E-state index is 5.66. The Balaban J connectivity index is 0.00000312. The lowest BCUT2D eigenvalue weighted by molar-refractivity contribution is 0.287. The van der Waals surface area contributed by atoms with E-state index < -0.39 is 0 Å². The lowest BCUT2D eigenvalue weighted by atomic mass is 10.1. The van der Waals surface area contributed by atoms with Gasteiger partial charge in [-0.25, -0.2) is 0 Å². The number of nitrogens with one attached hydrogen (secondary N) is 1. The van der Waals surface area contributed by atoms with Gasteiger partial charge in [-0.05, 0) is 62.2 Å². The molecule has 138 valence electrons. The second kappa shape index (κ2) is 11.6. The monoisotopic (exact) mass is 365 g/mol. The first-order valence-electron chi connectivity index (χ1n) is 8.49. The molecular formula is C20H28ClNO3. The number of rotatable bonds is 10. The van der Waals surface area contributed by atoms with Gasteiger partial charge in [0.2, 0.25) is 0 Å². The highest BCUT2D eigenvalue weighted by Crippen LogP contribution is 2.28. The summed E-state index contributed by atoms with van der Waals surface area (Å²) in [6, 6.07) is 14.3. The highest BCUT2D eigenvalue weighted by molar-refractivity contribution is 5.85. The molecule has 2 aromatic carbocycles. The average Bonchev–Trinajstić information content (AvgIpc) is 2.61. The van der Waals surface area contributed by atoms with Crippen molar-refractivity contribution >= 4 is 12.4 Å². The van der Waals surface area contributed by atoms with Crippen molar-refractivity contribution in [1.82, 2.24) is 5.32 Å². The first-order chi connectivity index (χ1) is 11.8. The largest absolute Gasteiger partial charge is 0.497 e. The predicted octanol–water partition coefficient (Wildman–Crippen LogP) is 4.25. The van der Waals surface area contributed by atoms with Crippen molar-refractivity contribution in [3.8, 4) is 17.2 Å². The van der Waals surface area contributed by atoms with Gasteiger partial charge in [0.25, 0.3) is 0 Å². The number of methoxy groups -OCH3 is 1. The van der Waals surface area contributed by atoms with E-state index in [2.05, 4.69) is 29.6 Å². The smallest absolute Gasteiger partial charge is 0.161 e. The summed E-state index contributed by atoms with van der Waals surface area (Å²) in [4.78, 5) is 0. The Morgan fingerprint density at radius 2 is 1.48 bits per heavy atom. The summed E-state index contributed by atoms with van der Waals surface area (Å²) < 4.78 is 16.4. The molecule has 0 radical (unpaired) electrons. The average molecular weight is 366 g/mol. The van der Waals surface area contributed by atoms with E-state index in [1.54, 1.807) is 7.11 Å². The van der Waals surface area contributed by atoms with Crippen LogP contribution in [0.15, 0.2) is 42.5 Å². The van der Waals surface area contributed by atoms with Gasteiger partial charge in [-0.2, -0.15) is 0 Å². The van der Waals surface area contributed by atoms with E-state index in [1.807, 2.05) is 32.0 Å². The minimum atomic E-state index is 0. The maximum absolute atomic E-state index is 5.66. The lowest BCUT2D eigenvalue weighted by Gasteiger charge is -2.13. The summed E-state index contributed by atoms with van der Waals surface area (Å²) in [6.45, 7) is 6.96. The van der Waals surface area contributed by atoms with Gasteiger partial charge in [0.15, 0.2) is 11.5 Å². The van der Waals surface area contributed by atoms with Crippen LogP contribution in [-0.4, -0.2) is 26.9 Å². The molecule has 0 saturated carbocycles. The number of hydrogen-bond acceptors (Lipinski definition) is 4. The molecule has 0 fully saturated rings. The summed E-state index contributed by atoms with van der Waals surface area (Å²) in [5.74, 6) is 2.51. The summed E-state index contributed by atoms with van der Waals surface area (Å²) >= 11 is 0. The van der Waals surface area contributed by atoms with Crippen LogP contribution in [0.1, 0.15) is 25.0 Å². The Kier molecular flexibility index (Phi) is 9.81. The first kappa shape index (κ1) is 21.1. The molecule has 5 heteroatoms. The summed E-state index contributed by atoms with van der Waals surface area (Å²) in [6.07, 6.45) is 0.985. The fourth-order valence-electron chi connectivity index (χ4n) is 2.46.